The van der Waals surface area contributed by atoms with E-state index in [-0.39, 0.29) is 0 Å². The van der Waals surface area contributed by atoms with Gasteiger partial charge in [0.25, 0.3) is 0 Å². The summed E-state index contributed by atoms with van der Waals surface area (Å²) in [4.78, 5) is 28.1. The van der Waals surface area contributed by atoms with Gasteiger partial charge in [-0.05, 0) is 50.1 Å². The molecule has 2 aliphatic heterocycles. The molecule has 1 saturated carbocycles. The van der Waals surface area contributed by atoms with Gasteiger partial charge in [0.1, 0.15) is 0 Å². The first kappa shape index (κ1) is 18.7. The first-order valence-electron chi connectivity index (χ1n) is 10.8. The fourth-order valence-corrected chi connectivity index (χ4v) is 5.09. The second kappa shape index (κ2) is 8.55. The lowest BCUT2D eigenvalue weighted by atomic mass is 9.77. The molecule has 0 unspecified atom stereocenters. The highest BCUT2D eigenvalue weighted by molar-refractivity contribution is 5.76. The highest BCUT2D eigenvalue weighted by atomic mass is 16.2. The zero-order chi connectivity index (χ0) is 18.5. The van der Waals surface area contributed by atoms with E-state index in [1.165, 1.54) is 38.5 Å². The Labute approximate surface area is 162 Å². The quantitative estimate of drug-likeness (QED) is 0.796. The number of nitrogens with zero attached hydrogens (tertiary/aromatic N) is 5. The summed E-state index contributed by atoms with van der Waals surface area (Å²) in [6, 6.07) is 1.85. The summed E-state index contributed by atoms with van der Waals surface area (Å²) < 4.78 is 0. The summed E-state index contributed by atoms with van der Waals surface area (Å²) in [6.45, 7) is 6.99. The lowest BCUT2D eigenvalue weighted by molar-refractivity contribution is -0.133. The Bertz CT molecular complexity index is 598. The number of likely N-dealkylation sites (tertiary alicyclic amines) is 1. The minimum Gasteiger partial charge on any atom is -0.343 e. The van der Waals surface area contributed by atoms with Gasteiger partial charge in [-0.25, -0.2) is 9.97 Å². The van der Waals surface area contributed by atoms with E-state index in [1.54, 1.807) is 12.4 Å². The number of carbonyl (C=O) groups excluding carboxylic acids is 1. The van der Waals surface area contributed by atoms with Gasteiger partial charge in [-0.3, -0.25) is 9.69 Å². The van der Waals surface area contributed by atoms with E-state index in [0.717, 1.165) is 58.2 Å². The monoisotopic (exact) mass is 371 g/mol. The first-order valence-corrected chi connectivity index (χ1v) is 10.8. The van der Waals surface area contributed by atoms with Crippen molar-refractivity contribution < 1.29 is 4.79 Å². The van der Waals surface area contributed by atoms with Crippen molar-refractivity contribution in [2.75, 3.05) is 50.7 Å². The molecule has 0 atom stereocenters. The lowest BCUT2D eigenvalue weighted by Gasteiger charge is -2.39. The number of aromatic nitrogens is 2. The summed E-state index contributed by atoms with van der Waals surface area (Å²) in [7, 11) is 0. The third-order valence-electron chi connectivity index (χ3n) is 6.91. The Balaban J connectivity index is 1.13. The van der Waals surface area contributed by atoms with Crippen LogP contribution in [-0.2, 0) is 4.79 Å². The van der Waals surface area contributed by atoms with Crippen LogP contribution in [0.1, 0.15) is 51.4 Å². The van der Waals surface area contributed by atoms with Crippen LogP contribution in [0, 0.1) is 5.41 Å². The number of piperazine rings is 1. The number of hydrogen-bond acceptors (Lipinski definition) is 5. The molecule has 3 aliphatic rings. The largest absolute Gasteiger partial charge is 0.343 e. The van der Waals surface area contributed by atoms with E-state index in [4.69, 9.17) is 0 Å². The van der Waals surface area contributed by atoms with Gasteiger partial charge in [-0.1, -0.05) is 12.8 Å². The van der Waals surface area contributed by atoms with Crippen LogP contribution in [0.4, 0.5) is 5.95 Å². The first-order chi connectivity index (χ1) is 13.2. The van der Waals surface area contributed by atoms with Crippen molar-refractivity contribution in [2.24, 2.45) is 5.41 Å². The normalized spacial score (nSPS) is 23.1. The fourth-order valence-electron chi connectivity index (χ4n) is 5.09. The Morgan fingerprint density at radius 1 is 0.926 bits per heavy atom. The van der Waals surface area contributed by atoms with Gasteiger partial charge < -0.3 is 9.80 Å². The molecule has 4 rings (SSSR count). The Morgan fingerprint density at radius 2 is 1.59 bits per heavy atom. The molecule has 6 heteroatoms. The van der Waals surface area contributed by atoms with E-state index in [2.05, 4.69) is 24.7 Å². The van der Waals surface area contributed by atoms with Crippen LogP contribution < -0.4 is 4.90 Å². The van der Waals surface area contributed by atoms with E-state index < -0.39 is 0 Å². The summed E-state index contributed by atoms with van der Waals surface area (Å²) in [5.74, 6) is 1.21. The summed E-state index contributed by atoms with van der Waals surface area (Å²) in [5.41, 5.74) is 0.596. The van der Waals surface area contributed by atoms with Crippen molar-refractivity contribution in [2.45, 2.75) is 51.4 Å². The van der Waals surface area contributed by atoms with Crippen molar-refractivity contribution in [1.82, 2.24) is 19.8 Å². The predicted octanol–water partition coefficient (Wildman–Crippen LogP) is 2.56. The Morgan fingerprint density at radius 3 is 2.26 bits per heavy atom. The minimum atomic E-state index is 0.374. The number of piperidine rings is 1. The zero-order valence-corrected chi connectivity index (χ0v) is 16.5. The van der Waals surface area contributed by atoms with Crippen LogP contribution in [-0.4, -0.2) is 71.5 Å². The van der Waals surface area contributed by atoms with Crippen molar-refractivity contribution in [1.29, 1.82) is 0 Å². The molecular weight excluding hydrogens is 338 g/mol. The van der Waals surface area contributed by atoms with Crippen molar-refractivity contribution in [3.05, 3.63) is 18.5 Å². The Hall–Kier alpha value is -1.69. The maximum absolute atomic E-state index is 12.6. The van der Waals surface area contributed by atoms with Crippen molar-refractivity contribution in [3.8, 4) is 0 Å². The average molecular weight is 372 g/mol. The molecule has 27 heavy (non-hydrogen) atoms. The zero-order valence-electron chi connectivity index (χ0n) is 16.5. The third-order valence-corrected chi connectivity index (χ3v) is 6.91. The number of hydrogen-bond donors (Lipinski definition) is 0. The molecule has 148 valence electrons. The summed E-state index contributed by atoms with van der Waals surface area (Å²) in [6.07, 6.45) is 13.4. The summed E-state index contributed by atoms with van der Waals surface area (Å²) >= 11 is 0. The number of anilines is 1. The van der Waals surface area contributed by atoms with E-state index in [9.17, 15) is 4.79 Å². The van der Waals surface area contributed by atoms with E-state index in [0.29, 0.717) is 17.7 Å². The fraction of sp³-hybridized carbons (Fsp3) is 0.762. The molecular formula is C21H33N5O. The van der Waals surface area contributed by atoms with Crippen LogP contribution in [0.5, 0.6) is 0 Å². The van der Waals surface area contributed by atoms with Gasteiger partial charge in [0.05, 0.1) is 0 Å². The molecule has 0 bridgehead atoms. The van der Waals surface area contributed by atoms with Gasteiger partial charge >= 0.3 is 0 Å². The molecule has 0 N–H and O–H groups in total. The number of carbonyl (C=O) groups is 1. The van der Waals surface area contributed by atoms with Crippen LogP contribution >= 0.6 is 0 Å². The maximum atomic E-state index is 12.6. The third kappa shape index (κ3) is 4.60. The molecule has 3 fully saturated rings. The maximum Gasteiger partial charge on any atom is 0.225 e. The van der Waals surface area contributed by atoms with Crippen molar-refractivity contribution >= 4 is 11.9 Å². The average Bonchev–Trinajstić information content (AvgIpc) is 3.17. The number of amides is 1. The van der Waals surface area contributed by atoms with Crippen LogP contribution in [0.25, 0.3) is 0 Å². The Kier molecular flexibility index (Phi) is 5.91. The van der Waals surface area contributed by atoms with Crippen LogP contribution in [0.2, 0.25) is 0 Å². The van der Waals surface area contributed by atoms with Crippen LogP contribution in [0.15, 0.2) is 18.5 Å². The van der Waals surface area contributed by atoms with Gasteiger partial charge in [0, 0.05) is 58.1 Å². The molecule has 6 nitrogen and oxygen atoms in total. The van der Waals surface area contributed by atoms with Gasteiger partial charge in [-0.2, -0.15) is 0 Å². The van der Waals surface area contributed by atoms with Gasteiger partial charge in [0.2, 0.25) is 11.9 Å². The number of rotatable bonds is 5. The highest BCUT2D eigenvalue weighted by Gasteiger charge is 2.37. The molecule has 0 aromatic carbocycles. The smallest absolute Gasteiger partial charge is 0.225 e. The van der Waals surface area contributed by atoms with E-state index >= 15 is 0 Å². The predicted molar refractivity (Wildman–Crippen MR) is 107 cm³/mol. The SMILES string of the molecule is O=C(CCCN1CCN(c2ncccn2)CC1)N1CCC2(CCCC2)CC1. The molecule has 0 radical (unpaired) electrons. The molecule has 1 amide bonds. The second-order valence-electron chi connectivity index (χ2n) is 8.57. The molecule has 1 aromatic rings. The summed E-state index contributed by atoms with van der Waals surface area (Å²) in [5, 5.41) is 0. The second-order valence-corrected chi connectivity index (χ2v) is 8.57. The lowest BCUT2D eigenvalue weighted by Crippen LogP contribution is -2.47. The standard InChI is InChI=1S/C21H33N5O/c27-19(25-13-8-21(9-14-25)6-1-2-7-21)5-3-12-24-15-17-26(18-16-24)20-22-10-4-11-23-20/h4,10-11H,1-3,5-9,12-18H2. The highest BCUT2D eigenvalue weighted by Crippen LogP contribution is 2.46. The van der Waals surface area contributed by atoms with Crippen molar-refractivity contribution in [3.63, 3.8) is 0 Å². The molecule has 1 aromatic heterocycles. The molecule has 1 spiro atoms. The van der Waals surface area contributed by atoms with E-state index in [1.807, 2.05) is 6.07 Å². The van der Waals surface area contributed by atoms with Gasteiger partial charge in [0.15, 0.2) is 0 Å². The van der Waals surface area contributed by atoms with Crippen LogP contribution in [0.3, 0.4) is 0 Å². The molecule has 1 aliphatic carbocycles. The van der Waals surface area contributed by atoms with Gasteiger partial charge in [-0.15, -0.1) is 0 Å². The minimum absolute atomic E-state index is 0.374. The topological polar surface area (TPSA) is 52.6 Å². The molecule has 2 saturated heterocycles. The molecule has 3 heterocycles.